The summed E-state index contributed by atoms with van der Waals surface area (Å²) in [7, 11) is 0. The van der Waals surface area contributed by atoms with Crippen LogP contribution >= 0.6 is 33.1 Å². The van der Waals surface area contributed by atoms with Crippen molar-refractivity contribution >= 4 is 33.1 Å². The Hall–Kier alpha value is -0.350. The highest BCUT2D eigenvalue weighted by molar-refractivity contribution is 14.2. The molecule has 0 aliphatic carbocycles. The number of rotatable bonds is 1. The molecule has 0 nitrogen and oxygen atoms in total. The first-order chi connectivity index (χ1) is 6.97. The lowest BCUT2D eigenvalue weighted by atomic mass is 10.1. The lowest BCUT2D eigenvalue weighted by Crippen LogP contribution is -1.73. The average molecular weight is 361 g/mol. The van der Waals surface area contributed by atoms with Crippen LogP contribution in [-0.2, 0) is 0 Å². The van der Waals surface area contributed by atoms with Crippen LogP contribution in [0.3, 0.4) is 0 Å². The van der Waals surface area contributed by atoms with Crippen molar-refractivity contribution in [3.8, 4) is 11.1 Å². The molecule has 72 valence electrons. The van der Waals surface area contributed by atoms with Gasteiger partial charge in [0.25, 0.3) is 0 Å². The highest BCUT2D eigenvalue weighted by Crippen LogP contribution is 2.17. The fourth-order valence-corrected chi connectivity index (χ4v) is 1.26. The molecule has 2 aromatic rings. The summed E-state index contributed by atoms with van der Waals surface area (Å²) >= 11 is 4.87. The lowest BCUT2D eigenvalue weighted by molar-refractivity contribution is 1.62. The molecule has 0 spiro atoms. The van der Waals surface area contributed by atoms with Gasteiger partial charge in [-0.05, 0) is 23.8 Å². The van der Waals surface area contributed by atoms with Crippen molar-refractivity contribution in [1.82, 2.24) is 0 Å². The van der Waals surface area contributed by atoms with Gasteiger partial charge in [-0.3, -0.25) is 0 Å². The van der Waals surface area contributed by atoms with E-state index in [0.717, 1.165) is 0 Å². The molecule has 0 atom stereocenters. The van der Waals surface area contributed by atoms with E-state index in [9.17, 15) is 0 Å². The third-order valence-corrected chi connectivity index (χ3v) is 1.88. The topological polar surface area (TPSA) is 0 Å². The predicted octanol–water partition coefficient (Wildman–Crippen LogP) is 5.08. The summed E-state index contributed by atoms with van der Waals surface area (Å²) in [4.78, 5) is 0. The molecule has 0 radical (unpaired) electrons. The first-order valence-corrected chi connectivity index (χ1v) is 9.05. The van der Waals surface area contributed by atoms with E-state index in [-0.39, 0.29) is 0 Å². The molecular weight excluding hydrogens is 351 g/mol. The summed E-state index contributed by atoms with van der Waals surface area (Å²) in [6, 6.07) is 20.8. The molecule has 0 unspecified atom stereocenters. The van der Waals surface area contributed by atoms with Crippen LogP contribution in [0, 0.1) is 0 Å². The molecule has 0 amide bonds. The molecule has 0 saturated carbocycles. The fourth-order valence-electron chi connectivity index (χ4n) is 1.26. The second-order valence-electron chi connectivity index (χ2n) is 2.73. The van der Waals surface area contributed by atoms with E-state index in [0.29, 0.717) is 0 Å². The Morgan fingerprint density at radius 2 is 0.857 bits per heavy atom. The minimum Gasteiger partial charge on any atom is -0.0622 e. The number of hydrogen-bond acceptors (Lipinski definition) is 0. The monoisotopic (exact) mass is 360 g/mol. The molecule has 0 aliphatic rings. The van der Waals surface area contributed by atoms with E-state index in [4.69, 9.17) is 0 Å². The van der Waals surface area contributed by atoms with Crippen LogP contribution in [0.25, 0.3) is 11.1 Å². The molecule has 2 heteroatoms. The Morgan fingerprint density at radius 3 is 1.14 bits per heavy atom. The second-order valence-corrected chi connectivity index (χ2v) is 2.73. The molecule has 0 fully saturated rings. The number of halogens is 2. The van der Waals surface area contributed by atoms with E-state index in [1.165, 1.54) is 11.1 Å². The summed E-state index contributed by atoms with van der Waals surface area (Å²) in [5.74, 6) is 0. The summed E-state index contributed by atoms with van der Waals surface area (Å²) in [5.41, 5.74) is 2.55. The van der Waals surface area contributed by atoms with Crippen LogP contribution in [0.5, 0.6) is 0 Å². The van der Waals surface area contributed by atoms with Crippen molar-refractivity contribution in [1.29, 1.82) is 0 Å². The summed E-state index contributed by atoms with van der Waals surface area (Å²) in [6.07, 6.45) is 0. The van der Waals surface area contributed by atoms with Crippen LogP contribution in [-0.4, -0.2) is 0 Å². The van der Waals surface area contributed by atoms with Crippen LogP contribution in [0.15, 0.2) is 60.7 Å². The largest absolute Gasteiger partial charge is 0.0622 e. The van der Waals surface area contributed by atoms with E-state index in [1.54, 1.807) is 0 Å². The Bertz CT molecular complexity index is 308. The SMILES string of the molecule is BrI.c1ccc(-c2ccccc2)cc1. The number of benzene rings is 2. The van der Waals surface area contributed by atoms with E-state index < -0.39 is 0 Å². The highest BCUT2D eigenvalue weighted by atomic mass is 127. The van der Waals surface area contributed by atoms with Gasteiger partial charge in [-0.2, -0.15) is 0 Å². The number of hydrogen-bond donors (Lipinski definition) is 0. The smallest absolute Gasteiger partial charge is 0.00711 e. The minimum absolute atomic E-state index is 1.28. The summed E-state index contributed by atoms with van der Waals surface area (Å²) in [6.45, 7) is 0. The van der Waals surface area contributed by atoms with Gasteiger partial charge in [0.15, 0.2) is 0 Å². The highest BCUT2D eigenvalue weighted by Gasteiger charge is 1.91. The van der Waals surface area contributed by atoms with Crippen molar-refractivity contribution in [2.24, 2.45) is 0 Å². The molecule has 2 rings (SSSR count). The second kappa shape index (κ2) is 7.01. The maximum atomic E-state index is 2.91. The molecular formula is C12H10BrI. The zero-order valence-electron chi connectivity index (χ0n) is 7.53. The molecule has 14 heavy (non-hydrogen) atoms. The Balaban J connectivity index is 0.000000461. The molecule has 0 heterocycles. The van der Waals surface area contributed by atoms with Gasteiger partial charge in [-0.25, -0.2) is 0 Å². The summed E-state index contributed by atoms with van der Waals surface area (Å²) in [5, 5.41) is 0. The standard InChI is InChI=1S/C12H10.BrI/c1-3-7-11(8-4-1)12-9-5-2-6-10-12;1-2/h1-10H;. The predicted molar refractivity (Wildman–Crippen MR) is 74.8 cm³/mol. The third kappa shape index (κ3) is 3.42. The van der Waals surface area contributed by atoms with Gasteiger partial charge >= 0.3 is 0 Å². The van der Waals surface area contributed by atoms with Crippen molar-refractivity contribution in [3.05, 3.63) is 60.7 Å². The van der Waals surface area contributed by atoms with Crippen LogP contribution in [0.4, 0.5) is 0 Å². The minimum atomic E-state index is 1.28. The molecule has 2 aromatic carbocycles. The van der Waals surface area contributed by atoms with Crippen molar-refractivity contribution < 1.29 is 0 Å². The Labute approximate surface area is 104 Å². The summed E-state index contributed by atoms with van der Waals surface area (Å²) < 4.78 is 0. The van der Waals surface area contributed by atoms with Gasteiger partial charge in [0, 0.05) is 20.4 Å². The zero-order valence-corrected chi connectivity index (χ0v) is 11.3. The maximum absolute atomic E-state index is 2.91. The maximum Gasteiger partial charge on any atom is 0.00711 e. The van der Waals surface area contributed by atoms with Crippen LogP contribution < -0.4 is 0 Å². The molecule has 0 aromatic heterocycles. The average Bonchev–Trinajstić information content (AvgIpc) is 2.34. The fraction of sp³-hybridized carbons (Fsp3) is 0. The van der Waals surface area contributed by atoms with Gasteiger partial charge in [-0.15, -0.1) is 0 Å². The van der Waals surface area contributed by atoms with E-state index in [1.807, 2.05) is 32.5 Å². The zero-order chi connectivity index (χ0) is 10.2. The van der Waals surface area contributed by atoms with Crippen molar-refractivity contribution in [2.75, 3.05) is 0 Å². The van der Waals surface area contributed by atoms with Gasteiger partial charge in [0.05, 0.1) is 0 Å². The van der Waals surface area contributed by atoms with E-state index in [2.05, 4.69) is 61.2 Å². The third-order valence-electron chi connectivity index (χ3n) is 1.88. The van der Waals surface area contributed by atoms with Gasteiger partial charge in [0.1, 0.15) is 0 Å². The van der Waals surface area contributed by atoms with Crippen LogP contribution in [0.2, 0.25) is 0 Å². The van der Waals surface area contributed by atoms with Gasteiger partial charge in [-0.1, -0.05) is 60.7 Å². The molecule has 0 bridgehead atoms. The van der Waals surface area contributed by atoms with E-state index >= 15 is 0 Å². The Morgan fingerprint density at radius 1 is 0.571 bits per heavy atom. The first kappa shape index (κ1) is 11.7. The van der Waals surface area contributed by atoms with Gasteiger partial charge < -0.3 is 0 Å². The Kier molecular flexibility index (Phi) is 5.87. The van der Waals surface area contributed by atoms with Gasteiger partial charge in [0.2, 0.25) is 0 Å². The van der Waals surface area contributed by atoms with Crippen molar-refractivity contribution in [3.63, 3.8) is 0 Å². The normalized spacial score (nSPS) is 8.71. The van der Waals surface area contributed by atoms with Crippen molar-refractivity contribution in [2.45, 2.75) is 0 Å². The first-order valence-electron chi connectivity index (χ1n) is 4.21. The lowest BCUT2D eigenvalue weighted by Gasteiger charge is -1.98. The van der Waals surface area contributed by atoms with Crippen LogP contribution in [0.1, 0.15) is 0 Å². The molecule has 0 saturated heterocycles. The molecule has 0 N–H and O–H groups in total. The molecule has 0 aliphatic heterocycles. The quantitative estimate of drug-likeness (QED) is 0.622.